The normalized spacial score (nSPS) is 10.5. The van der Waals surface area contributed by atoms with E-state index in [1.807, 2.05) is 0 Å². The lowest BCUT2D eigenvalue weighted by Gasteiger charge is -2.14. The van der Waals surface area contributed by atoms with Crippen molar-refractivity contribution in [2.45, 2.75) is 11.9 Å². The summed E-state index contributed by atoms with van der Waals surface area (Å²) < 4.78 is 37.2. The first kappa shape index (κ1) is 16.0. The molecule has 0 spiro atoms. The fourth-order valence-electron chi connectivity index (χ4n) is 1.78. The summed E-state index contributed by atoms with van der Waals surface area (Å²) in [6, 6.07) is 6.82. The standard InChI is InChI=1S/C15H12BrClF2O2/c1-20-14-5-9(7-16)4-12(17)15(14)21-8-10-2-3-11(18)6-13(10)19/h2-6H,7-8H2,1H3. The molecule has 0 aromatic heterocycles. The maximum absolute atomic E-state index is 13.6. The van der Waals surface area contributed by atoms with E-state index in [0.29, 0.717) is 21.9 Å². The van der Waals surface area contributed by atoms with E-state index in [1.165, 1.54) is 19.2 Å². The van der Waals surface area contributed by atoms with Gasteiger partial charge in [-0.1, -0.05) is 27.5 Å². The number of halogens is 4. The summed E-state index contributed by atoms with van der Waals surface area (Å²) in [4.78, 5) is 0. The fraction of sp³-hybridized carbons (Fsp3) is 0.200. The first-order valence-corrected chi connectivity index (χ1v) is 7.54. The van der Waals surface area contributed by atoms with E-state index in [1.54, 1.807) is 12.1 Å². The van der Waals surface area contributed by atoms with Gasteiger partial charge in [0.2, 0.25) is 0 Å². The van der Waals surface area contributed by atoms with Crippen molar-refractivity contribution in [2.75, 3.05) is 7.11 Å². The first-order chi connectivity index (χ1) is 10.0. The van der Waals surface area contributed by atoms with Crippen LogP contribution in [0.15, 0.2) is 30.3 Å². The molecule has 0 bridgehead atoms. The molecule has 0 aliphatic carbocycles. The molecule has 0 N–H and O–H groups in total. The summed E-state index contributed by atoms with van der Waals surface area (Å²) in [7, 11) is 1.50. The summed E-state index contributed by atoms with van der Waals surface area (Å²) in [6.45, 7) is -0.0736. The molecular weight excluding hydrogens is 366 g/mol. The van der Waals surface area contributed by atoms with Crippen LogP contribution < -0.4 is 9.47 Å². The van der Waals surface area contributed by atoms with Crippen LogP contribution in [-0.2, 0) is 11.9 Å². The minimum absolute atomic E-state index is 0.0736. The first-order valence-electron chi connectivity index (χ1n) is 6.04. The largest absolute Gasteiger partial charge is 0.493 e. The van der Waals surface area contributed by atoms with Crippen LogP contribution in [0.5, 0.6) is 11.5 Å². The van der Waals surface area contributed by atoms with E-state index in [4.69, 9.17) is 21.1 Å². The number of ether oxygens (including phenoxy) is 2. The zero-order chi connectivity index (χ0) is 15.4. The molecule has 0 saturated heterocycles. The van der Waals surface area contributed by atoms with E-state index >= 15 is 0 Å². The van der Waals surface area contributed by atoms with Crippen molar-refractivity contribution in [3.63, 3.8) is 0 Å². The molecule has 21 heavy (non-hydrogen) atoms. The zero-order valence-electron chi connectivity index (χ0n) is 11.1. The Balaban J connectivity index is 2.23. The van der Waals surface area contributed by atoms with E-state index in [9.17, 15) is 8.78 Å². The summed E-state index contributed by atoms with van der Waals surface area (Å²) in [6.07, 6.45) is 0. The molecule has 0 fully saturated rings. The van der Waals surface area contributed by atoms with Crippen LogP contribution in [-0.4, -0.2) is 7.11 Å². The van der Waals surface area contributed by atoms with Crippen molar-refractivity contribution in [1.82, 2.24) is 0 Å². The Morgan fingerprint density at radius 1 is 1.19 bits per heavy atom. The van der Waals surface area contributed by atoms with Gasteiger partial charge < -0.3 is 9.47 Å². The quantitative estimate of drug-likeness (QED) is 0.675. The monoisotopic (exact) mass is 376 g/mol. The van der Waals surface area contributed by atoms with Gasteiger partial charge in [-0.05, 0) is 29.8 Å². The second kappa shape index (κ2) is 7.09. The maximum atomic E-state index is 13.6. The van der Waals surface area contributed by atoms with E-state index < -0.39 is 11.6 Å². The molecule has 0 heterocycles. The van der Waals surface area contributed by atoms with Gasteiger partial charge in [0.05, 0.1) is 12.1 Å². The highest BCUT2D eigenvalue weighted by Crippen LogP contribution is 2.37. The predicted molar refractivity (Wildman–Crippen MR) is 81.3 cm³/mol. The van der Waals surface area contributed by atoms with Gasteiger partial charge in [-0.3, -0.25) is 0 Å². The molecule has 0 saturated carbocycles. The summed E-state index contributed by atoms with van der Waals surface area (Å²) in [5.74, 6) is -0.511. The molecule has 0 aliphatic heterocycles. The minimum Gasteiger partial charge on any atom is -0.493 e. The predicted octanol–water partition coefficient (Wildman–Crippen LogP) is 5.10. The van der Waals surface area contributed by atoms with Gasteiger partial charge >= 0.3 is 0 Å². The Kier molecular flexibility index (Phi) is 5.42. The lowest BCUT2D eigenvalue weighted by atomic mass is 10.2. The van der Waals surface area contributed by atoms with Crippen molar-refractivity contribution < 1.29 is 18.3 Å². The average Bonchev–Trinajstić information content (AvgIpc) is 2.46. The molecule has 0 radical (unpaired) electrons. The van der Waals surface area contributed by atoms with Crippen molar-refractivity contribution in [1.29, 1.82) is 0 Å². The minimum atomic E-state index is -0.665. The van der Waals surface area contributed by atoms with Gasteiger partial charge in [-0.25, -0.2) is 8.78 Å². The van der Waals surface area contributed by atoms with Gasteiger partial charge in [0.1, 0.15) is 18.2 Å². The van der Waals surface area contributed by atoms with Gasteiger partial charge in [0.15, 0.2) is 11.5 Å². The van der Waals surface area contributed by atoms with Gasteiger partial charge in [-0.2, -0.15) is 0 Å². The summed E-state index contributed by atoms with van der Waals surface area (Å²) in [5.41, 5.74) is 1.16. The lowest BCUT2D eigenvalue weighted by Crippen LogP contribution is -2.01. The number of hydrogen-bond donors (Lipinski definition) is 0. The van der Waals surface area contributed by atoms with Crippen molar-refractivity contribution >= 4 is 27.5 Å². The topological polar surface area (TPSA) is 18.5 Å². The molecule has 6 heteroatoms. The zero-order valence-corrected chi connectivity index (χ0v) is 13.5. The number of hydrogen-bond acceptors (Lipinski definition) is 2. The molecule has 0 atom stereocenters. The Hall–Kier alpha value is -1.33. The lowest BCUT2D eigenvalue weighted by molar-refractivity contribution is 0.279. The highest BCUT2D eigenvalue weighted by molar-refractivity contribution is 9.08. The molecule has 0 amide bonds. The fourth-order valence-corrected chi connectivity index (χ4v) is 2.39. The van der Waals surface area contributed by atoms with Gasteiger partial charge in [0, 0.05) is 17.0 Å². The van der Waals surface area contributed by atoms with Crippen molar-refractivity contribution in [3.05, 3.63) is 58.1 Å². The van der Waals surface area contributed by atoms with Crippen LogP contribution in [0.25, 0.3) is 0 Å². The average molecular weight is 378 g/mol. The third kappa shape index (κ3) is 3.86. The highest BCUT2D eigenvalue weighted by atomic mass is 79.9. The van der Waals surface area contributed by atoms with Gasteiger partial charge in [-0.15, -0.1) is 0 Å². The van der Waals surface area contributed by atoms with Crippen LogP contribution in [0, 0.1) is 11.6 Å². The van der Waals surface area contributed by atoms with E-state index in [2.05, 4.69) is 15.9 Å². The SMILES string of the molecule is COc1cc(CBr)cc(Cl)c1OCc1ccc(F)cc1F. The van der Waals surface area contributed by atoms with Crippen LogP contribution in [0.1, 0.15) is 11.1 Å². The number of rotatable bonds is 5. The third-order valence-corrected chi connectivity index (χ3v) is 3.76. The molecule has 2 aromatic carbocycles. The van der Waals surface area contributed by atoms with Crippen LogP contribution >= 0.6 is 27.5 Å². The van der Waals surface area contributed by atoms with Crippen molar-refractivity contribution in [2.24, 2.45) is 0 Å². The molecule has 2 nitrogen and oxygen atoms in total. The molecule has 2 rings (SSSR count). The molecule has 112 valence electrons. The Morgan fingerprint density at radius 2 is 1.95 bits per heavy atom. The highest BCUT2D eigenvalue weighted by Gasteiger charge is 2.13. The second-order valence-corrected chi connectivity index (χ2v) is 5.23. The molecule has 0 aliphatic rings. The van der Waals surface area contributed by atoms with Crippen LogP contribution in [0.3, 0.4) is 0 Å². The summed E-state index contributed by atoms with van der Waals surface area (Å²) >= 11 is 9.48. The Bertz CT molecular complexity index is 650. The number of alkyl halides is 1. The maximum Gasteiger partial charge on any atom is 0.180 e. The molecular formula is C15H12BrClF2O2. The Morgan fingerprint density at radius 3 is 2.57 bits per heavy atom. The third-order valence-electron chi connectivity index (χ3n) is 2.83. The smallest absolute Gasteiger partial charge is 0.180 e. The molecule has 2 aromatic rings. The second-order valence-electron chi connectivity index (χ2n) is 4.27. The van der Waals surface area contributed by atoms with Crippen molar-refractivity contribution in [3.8, 4) is 11.5 Å². The van der Waals surface area contributed by atoms with Crippen LogP contribution in [0.4, 0.5) is 8.78 Å². The van der Waals surface area contributed by atoms with Crippen LogP contribution in [0.2, 0.25) is 5.02 Å². The van der Waals surface area contributed by atoms with E-state index in [0.717, 1.165) is 11.6 Å². The number of methoxy groups -OCH3 is 1. The molecule has 0 unspecified atom stereocenters. The Labute approximate surface area is 134 Å². The van der Waals surface area contributed by atoms with E-state index in [-0.39, 0.29) is 12.2 Å². The summed E-state index contributed by atoms with van der Waals surface area (Å²) in [5, 5.41) is 0.988. The van der Waals surface area contributed by atoms with Gasteiger partial charge in [0.25, 0.3) is 0 Å². The number of benzene rings is 2.